The van der Waals surface area contributed by atoms with Crippen molar-refractivity contribution in [1.82, 2.24) is 19.5 Å². The maximum atomic E-state index is 8.58. The van der Waals surface area contributed by atoms with Gasteiger partial charge in [0.05, 0.1) is 33.8 Å². The first-order valence-electron chi connectivity index (χ1n) is 18.9. The van der Waals surface area contributed by atoms with Crippen LogP contribution in [0.3, 0.4) is 0 Å². The third-order valence-electron chi connectivity index (χ3n) is 9.97. The second kappa shape index (κ2) is 17.1. The summed E-state index contributed by atoms with van der Waals surface area (Å²) in [6.45, 7) is 0. The first-order chi connectivity index (χ1) is 28.1. The normalized spacial score (nSPS) is 11.3. The van der Waals surface area contributed by atoms with Gasteiger partial charge in [-0.05, 0) is 88.9 Å². The molecule has 0 fully saturated rings. The summed E-state index contributed by atoms with van der Waals surface area (Å²) in [6.07, 6.45) is 8.44. The molecule has 0 atom stereocenters. The Morgan fingerprint density at radius 1 is 0.448 bits per heavy atom. The molecule has 279 valence electrons. The maximum Gasteiger partial charge on any atom is 0.488 e. The number of H-pyrrole nitrogens is 1. The smallest absolute Gasteiger partial charge is 0.423 e. The van der Waals surface area contributed by atoms with Crippen LogP contribution in [-0.4, -0.2) is 36.7 Å². The van der Waals surface area contributed by atoms with E-state index in [-0.39, 0.29) is 17.1 Å². The zero-order valence-electron chi connectivity index (χ0n) is 31.3. The predicted octanol–water partition coefficient (Wildman–Crippen LogP) is 10.5. The van der Waals surface area contributed by atoms with Crippen molar-refractivity contribution in [3.8, 4) is 39.1 Å². The van der Waals surface area contributed by atoms with Crippen molar-refractivity contribution in [3.63, 3.8) is 0 Å². The Labute approximate surface area is 347 Å². The van der Waals surface area contributed by atoms with Crippen LogP contribution in [0.1, 0.15) is 22.8 Å². The maximum absolute atomic E-state index is 8.58. The second-order valence-corrected chi connectivity index (χ2v) is 13.8. The van der Waals surface area contributed by atoms with Gasteiger partial charge in [0.2, 0.25) is 0 Å². The molecule has 6 nitrogen and oxygen atoms in total. The van der Waals surface area contributed by atoms with E-state index < -0.39 is 7.12 Å². The average Bonchev–Trinajstić information content (AvgIpc) is 4.08. The molecule has 3 aromatic heterocycles. The van der Waals surface area contributed by atoms with Crippen molar-refractivity contribution >= 4 is 59.0 Å². The minimum absolute atomic E-state index is 0. The third-order valence-corrected chi connectivity index (χ3v) is 9.97. The Morgan fingerprint density at radius 2 is 0.897 bits per heavy atom. The third kappa shape index (κ3) is 7.91. The standard InChI is InChI=1S/C44H30N4.C6H7BO2.Mn/c1-5-13-30(14-6-1)41-39-26-25-36(47-39)28-35-22-21-33(45-35)27-34-23-24-37(46-34)29-40-42(31-15-7-2-8-16-31)43(32-17-9-3-10-18-32)44(41)48(40)38-19-11-4-12-20-38;8-7(9)6-4-2-1-3-5-6;/h1-29,45H;1-5,8-9H;. The van der Waals surface area contributed by atoms with E-state index in [9.17, 15) is 0 Å². The molecule has 0 aliphatic carbocycles. The molecule has 10 rings (SSSR count). The van der Waals surface area contributed by atoms with Crippen LogP contribution < -0.4 is 5.46 Å². The van der Waals surface area contributed by atoms with E-state index in [1.54, 1.807) is 24.3 Å². The van der Waals surface area contributed by atoms with Gasteiger partial charge in [0.25, 0.3) is 0 Å². The fourth-order valence-corrected chi connectivity index (χ4v) is 7.44. The van der Waals surface area contributed by atoms with Gasteiger partial charge in [-0.25, -0.2) is 9.97 Å². The van der Waals surface area contributed by atoms with Crippen molar-refractivity contribution in [2.24, 2.45) is 0 Å². The van der Waals surface area contributed by atoms with Gasteiger partial charge in [0, 0.05) is 50.5 Å². The van der Waals surface area contributed by atoms with E-state index >= 15 is 0 Å². The van der Waals surface area contributed by atoms with Crippen LogP contribution in [0.5, 0.6) is 0 Å². The van der Waals surface area contributed by atoms with Crippen LogP contribution >= 0.6 is 0 Å². The second-order valence-electron chi connectivity index (χ2n) is 13.8. The van der Waals surface area contributed by atoms with Gasteiger partial charge in [-0.15, -0.1) is 0 Å². The molecule has 5 aromatic carbocycles. The summed E-state index contributed by atoms with van der Waals surface area (Å²) in [6, 6.07) is 62.0. The van der Waals surface area contributed by atoms with Gasteiger partial charge in [0.1, 0.15) is 0 Å². The number of nitrogens with one attached hydrogen (secondary N) is 1. The van der Waals surface area contributed by atoms with E-state index in [1.165, 1.54) is 0 Å². The number of benzene rings is 5. The number of nitrogens with zero attached hydrogens (tertiary/aromatic N) is 3. The van der Waals surface area contributed by atoms with Gasteiger partial charge in [0.15, 0.2) is 0 Å². The molecular formula is C50H37BMnN4O2. The molecule has 0 spiro atoms. The summed E-state index contributed by atoms with van der Waals surface area (Å²) < 4.78 is 2.41. The molecule has 8 bridgehead atoms. The molecule has 1 radical (unpaired) electrons. The number of rotatable bonds is 5. The Bertz CT molecular complexity index is 2910. The molecule has 2 aliphatic heterocycles. The van der Waals surface area contributed by atoms with Gasteiger partial charge in [-0.2, -0.15) is 0 Å². The Kier molecular flexibility index (Phi) is 11.3. The zero-order valence-corrected chi connectivity index (χ0v) is 32.5. The van der Waals surface area contributed by atoms with Gasteiger partial charge >= 0.3 is 7.12 Å². The Morgan fingerprint density at radius 3 is 1.43 bits per heavy atom. The molecule has 8 heteroatoms. The fraction of sp³-hybridized carbons (Fsp3) is 0. The van der Waals surface area contributed by atoms with Crippen LogP contribution in [0.25, 0.3) is 85.4 Å². The summed E-state index contributed by atoms with van der Waals surface area (Å²) in [4.78, 5) is 13.9. The van der Waals surface area contributed by atoms with Crippen molar-refractivity contribution in [2.75, 3.05) is 0 Å². The van der Waals surface area contributed by atoms with Crippen molar-refractivity contribution in [2.45, 2.75) is 0 Å². The van der Waals surface area contributed by atoms with E-state index in [0.717, 1.165) is 83.9 Å². The minimum Gasteiger partial charge on any atom is -0.423 e. The Hall–Kier alpha value is -6.80. The van der Waals surface area contributed by atoms with Crippen LogP contribution in [0.4, 0.5) is 0 Å². The number of fused-ring (bicyclic) bond motifs is 8. The molecule has 2 aliphatic rings. The minimum atomic E-state index is -1.34. The molecule has 8 aromatic rings. The molecular weight excluding hydrogens is 754 g/mol. The number of aromatic nitrogens is 4. The molecule has 3 N–H and O–H groups in total. The summed E-state index contributed by atoms with van der Waals surface area (Å²) >= 11 is 0. The summed E-state index contributed by atoms with van der Waals surface area (Å²) in [5.41, 5.74) is 15.9. The quantitative estimate of drug-likeness (QED) is 0.152. The summed E-state index contributed by atoms with van der Waals surface area (Å²) in [7, 11) is -1.34. The Balaban J connectivity index is 0.000000418. The van der Waals surface area contributed by atoms with Gasteiger partial charge in [-0.1, -0.05) is 140 Å². The molecule has 5 heterocycles. The van der Waals surface area contributed by atoms with E-state index in [4.69, 9.17) is 20.0 Å². The monoisotopic (exact) mass is 791 g/mol. The fourth-order valence-electron chi connectivity index (χ4n) is 7.44. The SMILES string of the molecule is C1=Cc2cc3c(-c4ccccc4)c(-c4ccccc4)c(c(-c4ccccc4)c4nc(cc5ccc(cc1n2)[nH]5)C=C4)n3-c1ccccc1.OB(O)c1ccccc1.[Mn]. The molecule has 0 saturated heterocycles. The summed E-state index contributed by atoms with van der Waals surface area (Å²) in [5, 5.41) is 17.2. The number of hydrogen-bond acceptors (Lipinski definition) is 4. The largest absolute Gasteiger partial charge is 0.488 e. The topological polar surface area (TPSA) is 87.0 Å². The first-order valence-corrected chi connectivity index (χ1v) is 18.9. The van der Waals surface area contributed by atoms with Crippen molar-refractivity contribution < 1.29 is 27.1 Å². The number of para-hydroxylation sites is 1. The predicted molar refractivity (Wildman–Crippen MR) is 236 cm³/mol. The van der Waals surface area contributed by atoms with Crippen LogP contribution in [0.15, 0.2) is 182 Å². The molecule has 0 unspecified atom stereocenters. The molecule has 58 heavy (non-hydrogen) atoms. The number of aromatic amines is 1. The molecule has 0 saturated carbocycles. The van der Waals surface area contributed by atoms with E-state index in [2.05, 4.69) is 186 Å². The first kappa shape index (κ1) is 38.1. The van der Waals surface area contributed by atoms with Crippen LogP contribution in [0.2, 0.25) is 0 Å². The van der Waals surface area contributed by atoms with Crippen LogP contribution in [-0.2, 0) is 17.1 Å². The van der Waals surface area contributed by atoms with Crippen LogP contribution in [0, 0.1) is 0 Å². The molecule has 0 amide bonds. The van der Waals surface area contributed by atoms with E-state index in [1.807, 2.05) is 6.07 Å². The van der Waals surface area contributed by atoms with Crippen molar-refractivity contribution in [1.29, 1.82) is 0 Å². The average molecular weight is 792 g/mol. The van der Waals surface area contributed by atoms with Crippen molar-refractivity contribution in [3.05, 3.63) is 205 Å². The van der Waals surface area contributed by atoms with Gasteiger partial charge < -0.3 is 19.6 Å². The van der Waals surface area contributed by atoms with Gasteiger partial charge in [-0.3, -0.25) is 0 Å². The summed E-state index contributed by atoms with van der Waals surface area (Å²) in [5.74, 6) is 0. The number of hydrogen-bond donors (Lipinski definition) is 3. The zero-order chi connectivity index (χ0) is 38.6. The van der Waals surface area contributed by atoms with E-state index in [0.29, 0.717) is 5.46 Å².